The zero-order valence-electron chi connectivity index (χ0n) is 13.0. The highest BCUT2D eigenvalue weighted by molar-refractivity contribution is 5.98. The Balaban J connectivity index is 1.95. The van der Waals surface area contributed by atoms with Gasteiger partial charge in [-0.05, 0) is 25.0 Å². The number of carbonyl (C=O) groups is 2. The molecule has 3 heteroatoms. The number of ketones is 1. The summed E-state index contributed by atoms with van der Waals surface area (Å²) >= 11 is 0. The quantitative estimate of drug-likeness (QED) is 0.823. The maximum absolute atomic E-state index is 12.1. The molecule has 0 radical (unpaired) electrons. The van der Waals surface area contributed by atoms with Crippen molar-refractivity contribution >= 4 is 11.7 Å². The Morgan fingerprint density at radius 1 is 0.864 bits per heavy atom. The van der Waals surface area contributed by atoms with E-state index in [1.807, 2.05) is 68.4 Å². The van der Waals surface area contributed by atoms with Gasteiger partial charge in [-0.15, -0.1) is 0 Å². The van der Waals surface area contributed by atoms with E-state index in [2.05, 4.69) is 5.32 Å². The van der Waals surface area contributed by atoms with Gasteiger partial charge in [0.1, 0.15) is 0 Å². The van der Waals surface area contributed by atoms with Crippen LogP contribution in [0.1, 0.15) is 37.0 Å². The lowest BCUT2D eigenvalue weighted by Gasteiger charge is -2.08. The molecule has 0 bridgehead atoms. The zero-order valence-corrected chi connectivity index (χ0v) is 13.0. The Morgan fingerprint density at radius 3 is 2.05 bits per heavy atom. The summed E-state index contributed by atoms with van der Waals surface area (Å²) in [6.07, 6.45) is 0.473. The normalized spacial score (nSPS) is 10.5. The molecule has 1 N–H and O–H groups in total. The molecule has 2 aromatic rings. The largest absolute Gasteiger partial charge is 0.354 e. The summed E-state index contributed by atoms with van der Waals surface area (Å²) in [5.41, 5.74) is 2.85. The van der Waals surface area contributed by atoms with Crippen molar-refractivity contribution in [2.45, 2.75) is 32.7 Å². The molecule has 0 spiro atoms. The maximum Gasteiger partial charge on any atom is 0.220 e. The minimum atomic E-state index is -0.0794. The van der Waals surface area contributed by atoms with Crippen molar-refractivity contribution in [1.82, 2.24) is 5.32 Å². The van der Waals surface area contributed by atoms with Crippen LogP contribution in [-0.4, -0.2) is 17.7 Å². The van der Waals surface area contributed by atoms with Gasteiger partial charge in [0.2, 0.25) is 5.91 Å². The van der Waals surface area contributed by atoms with Gasteiger partial charge in [0, 0.05) is 24.4 Å². The Hall–Kier alpha value is -2.42. The number of nitrogens with one attached hydrogen (secondary N) is 1. The monoisotopic (exact) mass is 295 g/mol. The van der Waals surface area contributed by atoms with E-state index in [9.17, 15) is 9.59 Å². The van der Waals surface area contributed by atoms with E-state index < -0.39 is 0 Å². The molecule has 2 aromatic carbocycles. The van der Waals surface area contributed by atoms with Crippen molar-refractivity contribution in [1.29, 1.82) is 0 Å². The predicted octanol–water partition coefficient (Wildman–Crippen LogP) is 3.84. The molecule has 114 valence electrons. The molecule has 0 saturated carbocycles. The minimum Gasteiger partial charge on any atom is -0.354 e. The molecule has 0 unspecified atom stereocenters. The molecule has 0 aromatic heterocycles. The van der Waals surface area contributed by atoms with Crippen molar-refractivity contribution in [2.24, 2.45) is 0 Å². The first-order valence-corrected chi connectivity index (χ1v) is 7.54. The van der Waals surface area contributed by atoms with Crippen molar-refractivity contribution < 1.29 is 9.59 Å². The summed E-state index contributed by atoms with van der Waals surface area (Å²) in [4.78, 5) is 23.7. The van der Waals surface area contributed by atoms with Gasteiger partial charge >= 0.3 is 0 Å². The zero-order chi connectivity index (χ0) is 15.9. The van der Waals surface area contributed by atoms with Crippen LogP contribution in [-0.2, 0) is 4.79 Å². The van der Waals surface area contributed by atoms with Gasteiger partial charge in [0.25, 0.3) is 0 Å². The molecule has 0 atom stereocenters. The molecule has 22 heavy (non-hydrogen) atoms. The number of Topliss-reactive ketones (excluding diaryl/α,β-unsaturated/α-hetero) is 1. The van der Waals surface area contributed by atoms with E-state index in [4.69, 9.17) is 0 Å². The smallest absolute Gasteiger partial charge is 0.220 e. The highest BCUT2D eigenvalue weighted by atomic mass is 16.2. The SMILES string of the molecule is CC(C)NC(=O)CCC(=O)c1ccc(-c2ccccc2)cc1. The molecular weight excluding hydrogens is 274 g/mol. The third-order valence-electron chi connectivity index (χ3n) is 3.34. The van der Waals surface area contributed by atoms with Crippen molar-refractivity contribution in [2.75, 3.05) is 0 Å². The number of benzene rings is 2. The number of hydrogen-bond acceptors (Lipinski definition) is 2. The van der Waals surface area contributed by atoms with Crippen LogP contribution in [0, 0.1) is 0 Å². The molecule has 0 fully saturated rings. The van der Waals surface area contributed by atoms with E-state index in [0.29, 0.717) is 5.56 Å². The molecular formula is C19H21NO2. The fraction of sp³-hybridized carbons (Fsp3) is 0.263. The van der Waals surface area contributed by atoms with Crippen LogP contribution >= 0.6 is 0 Å². The van der Waals surface area contributed by atoms with E-state index in [1.165, 1.54) is 0 Å². The summed E-state index contributed by atoms with van der Waals surface area (Å²) in [7, 11) is 0. The molecule has 0 heterocycles. The van der Waals surface area contributed by atoms with E-state index in [-0.39, 0.29) is 30.6 Å². The molecule has 3 nitrogen and oxygen atoms in total. The average molecular weight is 295 g/mol. The van der Waals surface area contributed by atoms with Crippen LogP contribution in [0.5, 0.6) is 0 Å². The number of hydrogen-bond donors (Lipinski definition) is 1. The van der Waals surface area contributed by atoms with Gasteiger partial charge in [-0.25, -0.2) is 0 Å². The first-order valence-electron chi connectivity index (χ1n) is 7.54. The summed E-state index contributed by atoms with van der Waals surface area (Å²) < 4.78 is 0. The third kappa shape index (κ3) is 4.55. The summed E-state index contributed by atoms with van der Waals surface area (Å²) in [5.74, 6) is -0.0808. The second kappa shape index (κ2) is 7.55. The summed E-state index contributed by atoms with van der Waals surface area (Å²) in [5, 5.41) is 2.79. The van der Waals surface area contributed by atoms with Crippen LogP contribution in [0.2, 0.25) is 0 Å². The van der Waals surface area contributed by atoms with Crippen LogP contribution in [0.3, 0.4) is 0 Å². The van der Waals surface area contributed by atoms with Crippen molar-refractivity contribution in [3.05, 3.63) is 60.2 Å². The molecule has 2 rings (SSSR count). The lowest BCUT2D eigenvalue weighted by atomic mass is 10.0. The lowest BCUT2D eigenvalue weighted by Crippen LogP contribution is -2.30. The number of rotatable bonds is 6. The van der Waals surface area contributed by atoms with Gasteiger partial charge in [-0.2, -0.15) is 0 Å². The fourth-order valence-electron chi connectivity index (χ4n) is 2.24. The third-order valence-corrected chi connectivity index (χ3v) is 3.34. The van der Waals surface area contributed by atoms with Crippen LogP contribution < -0.4 is 5.32 Å². The molecule has 0 aliphatic carbocycles. The lowest BCUT2D eigenvalue weighted by molar-refractivity contribution is -0.121. The highest BCUT2D eigenvalue weighted by Crippen LogP contribution is 2.19. The molecule has 0 aliphatic heterocycles. The molecule has 0 saturated heterocycles. The Kier molecular flexibility index (Phi) is 5.48. The fourth-order valence-corrected chi connectivity index (χ4v) is 2.24. The number of amides is 1. The second-order valence-electron chi connectivity index (χ2n) is 5.59. The first-order chi connectivity index (χ1) is 10.6. The van der Waals surface area contributed by atoms with E-state index in [1.54, 1.807) is 0 Å². The van der Waals surface area contributed by atoms with Gasteiger partial charge in [0.05, 0.1) is 0 Å². The first kappa shape index (κ1) is 16.0. The standard InChI is InChI=1S/C19H21NO2/c1-14(2)20-19(22)13-12-18(21)17-10-8-16(9-11-17)15-6-4-3-5-7-15/h3-11,14H,12-13H2,1-2H3,(H,20,22). The average Bonchev–Trinajstić information content (AvgIpc) is 2.53. The topological polar surface area (TPSA) is 46.2 Å². The maximum atomic E-state index is 12.1. The second-order valence-corrected chi connectivity index (χ2v) is 5.59. The summed E-state index contributed by atoms with van der Waals surface area (Å²) in [6.45, 7) is 3.81. The predicted molar refractivity (Wildman–Crippen MR) is 88.7 cm³/mol. The Bertz CT molecular complexity index is 630. The summed E-state index contributed by atoms with van der Waals surface area (Å²) in [6, 6.07) is 17.7. The van der Waals surface area contributed by atoms with Gasteiger partial charge in [-0.3, -0.25) is 9.59 Å². The van der Waals surface area contributed by atoms with Crippen LogP contribution in [0.15, 0.2) is 54.6 Å². The minimum absolute atomic E-state index is 0.00137. The molecule has 1 amide bonds. The van der Waals surface area contributed by atoms with Gasteiger partial charge in [-0.1, -0.05) is 54.6 Å². The van der Waals surface area contributed by atoms with Crippen LogP contribution in [0.25, 0.3) is 11.1 Å². The van der Waals surface area contributed by atoms with Crippen molar-refractivity contribution in [3.8, 4) is 11.1 Å². The molecule has 0 aliphatic rings. The Morgan fingerprint density at radius 2 is 1.45 bits per heavy atom. The van der Waals surface area contributed by atoms with E-state index >= 15 is 0 Å². The van der Waals surface area contributed by atoms with Crippen LogP contribution in [0.4, 0.5) is 0 Å². The Labute approximate surface area is 131 Å². The van der Waals surface area contributed by atoms with Gasteiger partial charge in [0.15, 0.2) is 5.78 Å². The van der Waals surface area contributed by atoms with E-state index in [0.717, 1.165) is 11.1 Å². The van der Waals surface area contributed by atoms with Crippen molar-refractivity contribution in [3.63, 3.8) is 0 Å². The van der Waals surface area contributed by atoms with Gasteiger partial charge < -0.3 is 5.32 Å². The highest BCUT2D eigenvalue weighted by Gasteiger charge is 2.10. The number of carbonyl (C=O) groups excluding carboxylic acids is 2.